The van der Waals surface area contributed by atoms with E-state index in [4.69, 9.17) is 4.43 Å². The second-order valence-electron chi connectivity index (χ2n) is 3.89. The summed E-state index contributed by atoms with van der Waals surface area (Å²) in [5.41, 5.74) is 0.755. The predicted molar refractivity (Wildman–Crippen MR) is 65.1 cm³/mol. The van der Waals surface area contributed by atoms with E-state index in [1.165, 1.54) is 0 Å². The molecule has 0 unspecified atom stereocenters. The van der Waals surface area contributed by atoms with E-state index in [-0.39, 0.29) is 0 Å². The molecular formula is C10H13NOSSi. The Kier molecular flexibility index (Phi) is 3.58. The summed E-state index contributed by atoms with van der Waals surface area (Å²) in [5.74, 6) is 0.795. The van der Waals surface area contributed by atoms with Gasteiger partial charge in [0.05, 0.1) is 5.16 Å². The molecule has 1 rings (SSSR count). The largest absolute Gasteiger partial charge is 0.543 e. The average Bonchev–Trinajstić information content (AvgIpc) is 2.06. The maximum Gasteiger partial charge on any atom is 0.242 e. The number of thiocarbonyl (C=S) groups is 1. The van der Waals surface area contributed by atoms with Crippen LogP contribution in [-0.2, 0) is 0 Å². The molecule has 0 fully saturated rings. The Labute approximate surface area is 90.8 Å². The van der Waals surface area contributed by atoms with Crippen molar-refractivity contribution in [3.8, 4) is 5.75 Å². The maximum atomic E-state index is 5.84. The third kappa shape index (κ3) is 3.42. The second kappa shape index (κ2) is 4.51. The van der Waals surface area contributed by atoms with E-state index in [1.807, 2.05) is 24.3 Å². The number of para-hydroxylation sites is 2. The SMILES string of the molecule is C[Si](C)(C)Oc1ccccc1N=C=S. The van der Waals surface area contributed by atoms with Crippen LogP contribution in [0.2, 0.25) is 19.6 Å². The van der Waals surface area contributed by atoms with Crippen molar-refractivity contribution in [1.82, 2.24) is 0 Å². The van der Waals surface area contributed by atoms with E-state index >= 15 is 0 Å². The van der Waals surface area contributed by atoms with Gasteiger partial charge in [0.15, 0.2) is 0 Å². The van der Waals surface area contributed by atoms with Crippen molar-refractivity contribution in [1.29, 1.82) is 0 Å². The first-order valence-electron chi connectivity index (χ1n) is 4.39. The van der Waals surface area contributed by atoms with Gasteiger partial charge in [-0.3, -0.25) is 0 Å². The number of benzene rings is 1. The van der Waals surface area contributed by atoms with Crippen LogP contribution in [0.15, 0.2) is 29.3 Å². The first kappa shape index (κ1) is 11.1. The number of nitrogens with zero attached hydrogens (tertiary/aromatic N) is 1. The highest BCUT2D eigenvalue weighted by molar-refractivity contribution is 7.78. The Bertz CT molecular complexity index is 367. The third-order valence-electron chi connectivity index (χ3n) is 1.45. The van der Waals surface area contributed by atoms with Crippen molar-refractivity contribution in [2.75, 3.05) is 0 Å². The van der Waals surface area contributed by atoms with Crippen LogP contribution in [0.5, 0.6) is 5.75 Å². The lowest BCUT2D eigenvalue weighted by Gasteiger charge is -2.19. The average molecular weight is 223 g/mol. The monoisotopic (exact) mass is 223 g/mol. The van der Waals surface area contributed by atoms with Crippen LogP contribution in [0, 0.1) is 0 Å². The molecule has 0 aliphatic heterocycles. The van der Waals surface area contributed by atoms with Crippen molar-refractivity contribution >= 4 is 31.4 Å². The molecule has 0 saturated heterocycles. The Morgan fingerprint density at radius 3 is 2.50 bits per heavy atom. The summed E-state index contributed by atoms with van der Waals surface area (Å²) in [6.45, 7) is 6.39. The predicted octanol–water partition coefficient (Wildman–Crippen LogP) is 3.63. The lowest BCUT2D eigenvalue weighted by molar-refractivity contribution is 0.559. The topological polar surface area (TPSA) is 21.6 Å². The lowest BCUT2D eigenvalue weighted by Crippen LogP contribution is -2.29. The highest BCUT2D eigenvalue weighted by Gasteiger charge is 2.17. The minimum absolute atomic E-state index is 0.755. The van der Waals surface area contributed by atoms with Gasteiger partial charge in [-0.25, -0.2) is 0 Å². The van der Waals surface area contributed by atoms with E-state index in [9.17, 15) is 0 Å². The van der Waals surface area contributed by atoms with Crippen molar-refractivity contribution in [3.63, 3.8) is 0 Å². The van der Waals surface area contributed by atoms with Crippen molar-refractivity contribution in [3.05, 3.63) is 24.3 Å². The van der Waals surface area contributed by atoms with Gasteiger partial charge in [0.2, 0.25) is 8.32 Å². The molecule has 0 aliphatic rings. The van der Waals surface area contributed by atoms with Gasteiger partial charge in [-0.1, -0.05) is 12.1 Å². The van der Waals surface area contributed by atoms with Crippen molar-refractivity contribution in [2.24, 2.45) is 4.99 Å². The third-order valence-corrected chi connectivity index (χ3v) is 2.37. The highest BCUT2D eigenvalue weighted by Crippen LogP contribution is 2.28. The fourth-order valence-electron chi connectivity index (χ4n) is 1.01. The van der Waals surface area contributed by atoms with Crippen LogP contribution in [0.4, 0.5) is 5.69 Å². The zero-order valence-electron chi connectivity index (χ0n) is 8.57. The van der Waals surface area contributed by atoms with Gasteiger partial charge < -0.3 is 4.43 Å². The Hall–Kier alpha value is -0.963. The van der Waals surface area contributed by atoms with Crippen molar-refractivity contribution < 1.29 is 4.43 Å². The van der Waals surface area contributed by atoms with Gasteiger partial charge in [0.1, 0.15) is 11.4 Å². The Balaban J connectivity index is 3.01. The van der Waals surface area contributed by atoms with E-state index in [0.29, 0.717) is 0 Å². The molecule has 0 spiro atoms. The molecule has 0 amide bonds. The zero-order valence-corrected chi connectivity index (χ0v) is 10.4. The molecule has 0 aliphatic carbocycles. The van der Waals surface area contributed by atoms with Crippen LogP contribution in [-0.4, -0.2) is 13.5 Å². The first-order valence-corrected chi connectivity index (χ1v) is 8.20. The van der Waals surface area contributed by atoms with Gasteiger partial charge in [0, 0.05) is 0 Å². The molecule has 74 valence electrons. The van der Waals surface area contributed by atoms with E-state index < -0.39 is 8.32 Å². The molecule has 2 nitrogen and oxygen atoms in total. The molecule has 0 saturated carbocycles. The minimum atomic E-state index is -1.58. The summed E-state index contributed by atoms with van der Waals surface area (Å²) >= 11 is 4.57. The maximum absolute atomic E-state index is 5.84. The fourth-order valence-corrected chi connectivity index (χ4v) is 1.95. The van der Waals surface area contributed by atoms with Gasteiger partial charge >= 0.3 is 0 Å². The van der Waals surface area contributed by atoms with Gasteiger partial charge in [-0.2, -0.15) is 4.99 Å². The molecule has 4 heteroatoms. The van der Waals surface area contributed by atoms with Gasteiger partial charge in [-0.05, 0) is 44.0 Å². The number of aliphatic imine (C=N–C) groups is 1. The van der Waals surface area contributed by atoms with E-state index in [1.54, 1.807) is 0 Å². The molecule has 0 heterocycles. The van der Waals surface area contributed by atoms with Crippen LogP contribution >= 0.6 is 12.2 Å². The lowest BCUT2D eigenvalue weighted by atomic mass is 10.3. The number of hydrogen-bond donors (Lipinski definition) is 0. The summed E-state index contributed by atoms with van der Waals surface area (Å²) in [4.78, 5) is 3.95. The minimum Gasteiger partial charge on any atom is -0.543 e. The van der Waals surface area contributed by atoms with Gasteiger partial charge in [0.25, 0.3) is 0 Å². The smallest absolute Gasteiger partial charge is 0.242 e. The van der Waals surface area contributed by atoms with Crippen LogP contribution in [0.1, 0.15) is 0 Å². The molecule has 0 aromatic heterocycles. The molecule has 0 N–H and O–H groups in total. The van der Waals surface area contributed by atoms with Gasteiger partial charge in [-0.15, -0.1) is 0 Å². The highest BCUT2D eigenvalue weighted by atomic mass is 32.1. The number of rotatable bonds is 3. The van der Waals surface area contributed by atoms with E-state index in [0.717, 1.165) is 11.4 Å². The normalized spacial score (nSPS) is 10.5. The molecule has 14 heavy (non-hydrogen) atoms. The summed E-state index contributed by atoms with van der Waals surface area (Å²) in [6, 6.07) is 7.61. The molecule has 0 bridgehead atoms. The summed E-state index contributed by atoms with van der Waals surface area (Å²) in [6.07, 6.45) is 0. The standard InChI is InChI=1S/C10H13NOSSi/c1-14(2,3)12-10-7-5-4-6-9(10)11-8-13/h4-7H,1-3H3. The molecule has 1 aromatic rings. The summed E-state index contributed by atoms with van der Waals surface area (Å²) < 4.78 is 5.84. The Morgan fingerprint density at radius 2 is 1.93 bits per heavy atom. The quantitative estimate of drug-likeness (QED) is 0.443. The second-order valence-corrected chi connectivity index (χ2v) is 8.50. The molecule has 0 atom stereocenters. The van der Waals surface area contributed by atoms with E-state index in [2.05, 4.69) is 42.0 Å². The first-order chi connectivity index (χ1) is 6.53. The Morgan fingerprint density at radius 1 is 1.29 bits per heavy atom. The summed E-state index contributed by atoms with van der Waals surface area (Å²) in [5, 5.41) is 2.35. The fraction of sp³-hybridized carbons (Fsp3) is 0.300. The van der Waals surface area contributed by atoms with Crippen LogP contribution in [0.25, 0.3) is 0 Å². The van der Waals surface area contributed by atoms with Crippen LogP contribution < -0.4 is 4.43 Å². The van der Waals surface area contributed by atoms with Crippen LogP contribution in [0.3, 0.4) is 0 Å². The summed E-state index contributed by atoms with van der Waals surface area (Å²) in [7, 11) is -1.58. The zero-order chi connectivity index (χ0) is 10.6. The molecule has 1 aromatic carbocycles. The molecular weight excluding hydrogens is 210 g/mol. The number of hydrogen-bond acceptors (Lipinski definition) is 3. The molecule has 0 radical (unpaired) electrons. The number of isothiocyanates is 1. The van der Waals surface area contributed by atoms with Crippen molar-refractivity contribution in [2.45, 2.75) is 19.6 Å².